The van der Waals surface area contributed by atoms with Crippen LogP contribution in [0.3, 0.4) is 0 Å². The molecule has 0 radical (unpaired) electrons. The summed E-state index contributed by atoms with van der Waals surface area (Å²) in [6.45, 7) is 2.99. The molecule has 0 unspecified atom stereocenters. The van der Waals surface area contributed by atoms with Crippen molar-refractivity contribution in [1.82, 2.24) is 9.62 Å². The molecule has 0 aliphatic carbocycles. The molecule has 1 aliphatic heterocycles. The number of carbonyl (C=O) groups is 1. The van der Waals surface area contributed by atoms with Crippen LogP contribution in [0, 0.1) is 0 Å². The molecule has 8 heteroatoms. The Bertz CT molecular complexity index is 962. The Kier molecular flexibility index (Phi) is 6.72. The maximum absolute atomic E-state index is 12.5. The normalized spacial score (nSPS) is 14.5. The first kappa shape index (κ1) is 20.8. The largest absolute Gasteiger partial charge is 0.465 e. The molecule has 6 nitrogen and oxygen atoms in total. The first-order valence-corrected chi connectivity index (χ1v) is 10.9. The summed E-state index contributed by atoms with van der Waals surface area (Å²) >= 11 is 5.95. The van der Waals surface area contributed by atoms with Crippen molar-refractivity contribution in [3.05, 3.63) is 64.2 Å². The van der Waals surface area contributed by atoms with E-state index in [0.29, 0.717) is 13.0 Å². The summed E-state index contributed by atoms with van der Waals surface area (Å²) in [5.41, 5.74) is 2.76. The first-order valence-electron chi connectivity index (χ1n) is 9.07. The highest BCUT2D eigenvalue weighted by Crippen LogP contribution is 2.21. The molecule has 0 saturated carbocycles. The van der Waals surface area contributed by atoms with Gasteiger partial charge in [0.1, 0.15) is 0 Å². The molecular weight excluding hydrogens is 400 g/mol. The molecule has 1 N–H and O–H groups in total. The van der Waals surface area contributed by atoms with Crippen molar-refractivity contribution in [2.75, 3.05) is 26.7 Å². The number of ether oxygens (including phenoxy) is 1. The minimum absolute atomic E-state index is 0.0100. The maximum atomic E-state index is 12.5. The van der Waals surface area contributed by atoms with Crippen LogP contribution < -0.4 is 4.72 Å². The van der Waals surface area contributed by atoms with Crippen LogP contribution in [-0.2, 0) is 27.7 Å². The van der Waals surface area contributed by atoms with E-state index >= 15 is 0 Å². The molecule has 150 valence electrons. The van der Waals surface area contributed by atoms with Crippen LogP contribution in [0.2, 0.25) is 5.02 Å². The fourth-order valence-electron chi connectivity index (χ4n) is 3.28. The molecular formula is C20H23ClN2O4S. The van der Waals surface area contributed by atoms with E-state index < -0.39 is 16.0 Å². The van der Waals surface area contributed by atoms with Gasteiger partial charge in [0.2, 0.25) is 10.0 Å². The SMILES string of the molecule is COC(=O)c1cc(S(=O)(=O)NCCCN2CCc3ccccc3C2)ccc1Cl. The highest BCUT2D eigenvalue weighted by Gasteiger charge is 2.19. The lowest BCUT2D eigenvalue weighted by Crippen LogP contribution is -2.33. The minimum Gasteiger partial charge on any atom is -0.465 e. The topological polar surface area (TPSA) is 75.7 Å². The summed E-state index contributed by atoms with van der Waals surface area (Å²) in [6, 6.07) is 12.4. The Labute approximate surface area is 170 Å². The van der Waals surface area contributed by atoms with Gasteiger partial charge in [-0.25, -0.2) is 17.9 Å². The van der Waals surface area contributed by atoms with Gasteiger partial charge in [0.05, 0.1) is 22.6 Å². The molecule has 0 aromatic heterocycles. The molecule has 0 saturated heterocycles. The van der Waals surface area contributed by atoms with Gasteiger partial charge in [-0.1, -0.05) is 35.9 Å². The quantitative estimate of drug-likeness (QED) is 0.548. The summed E-state index contributed by atoms with van der Waals surface area (Å²) in [4.78, 5) is 14.0. The third kappa shape index (κ3) is 4.91. The molecule has 2 aromatic rings. The number of methoxy groups -OCH3 is 1. The van der Waals surface area contributed by atoms with Gasteiger partial charge in [-0.2, -0.15) is 0 Å². The van der Waals surface area contributed by atoms with Crippen LogP contribution in [0.5, 0.6) is 0 Å². The van der Waals surface area contributed by atoms with E-state index in [9.17, 15) is 13.2 Å². The van der Waals surface area contributed by atoms with Crippen molar-refractivity contribution in [1.29, 1.82) is 0 Å². The predicted molar refractivity (Wildman–Crippen MR) is 108 cm³/mol. The zero-order valence-corrected chi connectivity index (χ0v) is 17.2. The summed E-state index contributed by atoms with van der Waals surface area (Å²) in [6.07, 6.45) is 1.71. The van der Waals surface area contributed by atoms with Crippen molar-refractivity contribution in [3.63, 3.8) is 0 Å². The summed E-state index contributed by atoms with van der Waals surface area (Å²) < 4.78 is 32.2. The van der Waals surface area contributed by atoms with Crippen molar-refractivity contribution in [3.8, 4) is 0 Å². The van der Waals surface area contributed by atoms with E-state index in [0.717, 1.165) is 26.1 Å². The number of hydrogen-bond acceptors (Lipinski definition) is 5. The standard InChI is InChI=1S/C20H23ClN2O4S/c1-27-20(24)18-13-17(7-8-19(18)21)28(25,26)22-10-4-11-23-12-9-15-5-2-3-6-16(15)14-23/h2-3,5-8,13,22H,4,9-12,14H2,1H3. The highest BCUT2D eigenvalue weighted by atomic mass is 35.5. The Morgan fingerprint density at radius 3 is 2.71 bits per heavy atom. The van der Waals surface area contributed by atoms with Gasteiger partial charge in [-0.3, -0.25) is 4.90 Å². The molecule has 0 bridgehead atoms. The number of hydrogen-bond donors (Lipinski definition) is 1. The predicted octanol–water partition coefficient (Wildman–Crippen LogP) is 2.85. The lowest BCUT2D eigenvalue weighted by Gasteiger charge is -2.28. The van der Waals surface area contributed by atoms with Gasteiger partial charge in [-0.05, 0) is 48.7 Å². The van der Waals surface area contributed by atoms with E-state index in [1.165, 1.54) is 36.4 Å². The molecule has 2 aromatic carbocycles. The molecule has 0 amide bonds. The number of benzene rings is 2. The van der Waals surface area contributed by atoms with Crippen molar-refractivity contribution in [2.45, 2.75) is 24.3 Å². The van der Waals surface area contributed by atoms with Gasteiger partial charge < -0.3 is 4.74 Å². The zero-order chi connectivity index (χ0) is 20.1. The number of esters is 1. The smallest absolute Gasteiger partial charge is 0.339 e. The zero-order valence-electron chi connectivity index (χ0n) is 15.7. The number of nitrogens with one attached hydrogen (secondary N) is 1. The van der Waals surface area contributed by atoms with E-state index in [2.05, 4.69) is 32.6 Å². The number of fused-ring (bicyclic) bond motifs is 1. The molecule has 1 aliphatic rings. The second-order valence-corrected chi connectivity index (χ2v) is 8.85. The number of halogens is 1. The van der Waals surface area contributed by atoms with E-state index in [1.807, 2.05) is 6.07 Å². The van der Waals surface area contributed by atoms with Crippen molar-refractivity contribution < 1.29 is 17.9 Å². The molecule has 1 heterocycles. The minimum atomic E-state index is -3.73. The third-order valence-corrected chi connectivity index (χ3v) is 6.59. The maximum Gasteiger partial charge on any atom is 0.339 e. The van der Waals surface area contributed by atoms with E-state index in [-0.39, 0.29) is 15.5 Å². The van der Waals surface area contributed by atoms with E-state index in [4.69, 9.17) is 11.6 Å². The number of sulfonamides is 1. The second kappa shape index (κ2) is 9.05. The average molecular weight is 423 g/mol. The van der Waals surface area contributed by atoms with Crippen LogP contribution >= 0.6 is 11.6 Å². The van der Waals surface area contributed by atoms with Crippen LogP contribution in [0.4, 0.5) is 0 Å². The summed E-state index contributed by atoms with van der Waals surface area (Å²) in [5.74, 6) is -0.674. The lowest BCUT2D eigenvalue weighted by atomic mass is 10.00. The van der Waals surface area contributed by atoms with Gasteiger partial charge in [0.25, 0.3) is 0 Å². The van der Waals surface area contributed by atoms with Gasteiger partial charge in [0.15, 0.2) is 0 Å². The molecule has 3 rings (SSSR count). The number of carbonyl (C=O) groups excluding carboxylic acids is 1. The summed E-state index contributed by atoms with van der Waals surface area (Å²) in [5, 5.41) is 0.149. The fraction of sp³-hybridized carbons (Fsp3) is 0.350. The highest BCUT2D eigenvalue weighted by molar-refractivity contribution is 7.89. The second-order valence-electron chi connectivity index (χ2n) is 6.68. The Morgan fingerprint density at radius 1 is 1.21 bits per heavy atom. The van der Waals surface area contributed by atoms with Gasteiger partial charge >= 0.3 is 5.97 Å². The van der Waals surface area contributed by atoms with Gasteiger partial charge in [0, 0.05) is 19.6 Å². The molecule has 0 atom stereocenters. The molecule has 0 spiro atoms. The monoisotopic (exact) mass is 422 g/mol. The summed E-state index contributed by atoms with van der Waals surface area (Å²) in [7, 11) is -2.51. The van der Waals surface area contributed by atoms with Crippen LogP contribution in [0.15, 0.2) is 47.4 Å². The Hall–Kier alpha value is -1.93. The average Bonchev–Trinajstić information content (AvgIpc) is 2.70. The molecule has 0 fully saturated rings. The Balaban J connectivity index is 1.54. The van der Waals surface area contributed by atoms with Crippen molar-refractivity contribution >= 4 is 27.6 Å². The van der Waals surface area contributed by atoms with Crippen LogP contribution in [0.1, 0.15) is 27.9 Å². The van der Waals surface area contributed by atoms with Gasteiger partial charge in [-0.15, -0.1) is 0 Å². The van der Waals surface area contributed by atoms with Crippen LogP contribution in [0.25, 0.3) is 0 Å². The van der Waals surface area contributed by atoms with Crippen LogP contribution in [-0.4, -0.2) is 46.0 Å². The Morgan fingerprint density at radius 2 is 1.96 bits per heavy atom. The fourth-order valence-corrected chi connectivity index (χ4v) is 4.57. The van der Waals surface area contributed by atoms with Crippen molar-refractivity contribution in [2.24, 2.45) is 0 Å². The number of nitrogens with zero attached hydrogens (tertiary/aromatic N) is 1. The lowest BCUT2D eigenvalue weighted by molar-refractivity contribution is 0.0600. The third-order valence-electron chi connectivity index (χ3n) is 4.81. The number of rotatable bonds is 7. The van der Waals surface area contributed by atoms with E-state index in [1.54, 1.807) is 0 Å². The first-order chi connectivity index (χ1) is 13.4. The molecule has 28 heavy (non-hydrogen) atoms.